The maximum Gasteiger partial charge on any atom is 0.222 e. The van der Waals surface area contributed by atoms with Gasteiger partial charge in [-0.3, -0.25) is 9.69 Å². The zero-order valence-electron chi connectivity index (χ0n) is 12.5. The molecule has 0 aromatic carbocycles. The third kappa shape index (κ3) is 3.81. The topological polar surface area (TPSA) is 41.6 Å². The standard InChI is InChI=1S/C15H24N2O2S/c1-11(2)15(18)16-12(3)14(13-5-4-10-20-13)17-6-8-19-9-7-17/h4-5,10-12,14H,6-9H2,1-3H3,(H,16,18)/t12-,14-/m1/s1. The molecule has 1 N–H and O–H groups in total. The van der Waals surface area contributed by atoms with E-state index in [1.165, 1.54) is 4.88 Å². The van der Waals surface area contributed by atoms with E-state index in [-0.39, 0.29) is 23.9 Å². The number of carbonyl (C=O) groups is 1. The third-order valence-electron chi connectivity index (χ3n) is 3.64. The Hall–Kier alpha value is -0.910. The number of morpholine rings is 1. The maximum atomic E-state index is 12.0. The van der Waals surface area contributed by atoms with E-state index in [2.05, 4.69) is 34.7 Å². The molecular formula is C15H24N2O2S. The molecule has 0 radical (unpaired) electrons. The first-order chi connectivity index (χ1) is 9.59. The number of nitrogens with zero attached hydrogens (tertiary/aromatic N) is 1. The van der Waals surface area contributed by atoms with Gasteiger partial charge >= 0.3 is 0 Å². The molecule has 5 heteroatoms. The van der Waals surface area contributed by atoms with Crippen molar-refractivity contribution in [2.45, 2.75) is 32.9 Å². The summed E-state index contributed by atoms with van der Waals surface area (Å²) in [5.41, 5.74) is 0. The normalized spacial score (nSPS) is 19.8. The summed E-state index contributed by atoms with van der Waals surface area (Å²) < 4.78 is 5.44. The van der Waals surface area contributed by atoms with Crippen molar-refractivity contribution in [3.8, 4) is 0 Å². The molecule has 112 valence electrons. The molecule has 1 aliphatic rings. The highest BCUT2D eigenvalue weighted by Crippen LogP contribution is 2.29. The van der Waals surface area contributed by atoms with E-state index in [9.17, 15) is 4.79 Å². The van der Waals surface area contributed by atoms with E-state index in [1.807, 2.05) is 13.8 Å². The summed E-state index contributed by atoms with van der Waals surface area (Å²) in [5, 5.41) is 5.25. The van der Waals surface area contributed by atoms with E-state index in [1.54, 1.807) is 11.3 Å². The van der Waals surface area contributed by atoms with Gasteiger partial charge in [-0.2, -0.15) is 0 Å². The van der Waals surface area contributed by atoms with Gasteiger partial charge < -0.3 is 10.1 Å². The SMILES string of the molecule is CC(C)C(=O)N[C@H](C)[C@H](c1cccs1)N1CCOCC1. The number of hydrogen-bond donors (Lipinski definition) is 1. The number of ether oxygens (including phenoxy) is 1. The van der Waals surface area contributed by atoms with Crippen LogP contribution in [0.15, 0.2) is 17.5 Å². The lowest BCUT2D eigenvalue weighted by atomic mass is 10.0. The lowest BCUT2D eigenvalue weighted by molar-refractivity contribution is -0.125. The molecule has 0 saturated carbocycles. The van der Waals surface area contributed by atoms with Crippen molar-refractivity contribution >= 4 is 17.2 Å². The zero-order chi connectivity index (χ0) is 14.5. The summed E-state index contributed by atoms with van der Waals surface area (Å²) in [6, 6.07) is 4.57. The largest absolute Gasteiger partial charge is 0.379 e. The van der Waals surface area contributed by atoms with Crippen LogP contribution in [0.1, 0.15) is 31.7 Å². The van der Waals surface area contributed by atoms with E-state index in [0.717, 1.165) is 26.3 Å². The fraction of sp³-hybridized carbons (Fsp3) is 0.667. The molecule has 20 heavy (non-hydrogen) atoms. The third-order valence-corrected chi connectivity index (χ3v) is 4.58. The van der Waals surface area contributed by atoms with Gasteiger partial charge in [-0.05, 0) is 18.4 Å². The number of nitrogens with one attached hydrogen (secondary N) is 1. The van der Waals surface area contributed by atoms with Crippen molar-refractivity contribution in [1.29, 1.82) is 0 Å². The molecule has 1 amide bonds. The van der Waals surface area contributed by atoms with E-state index in [4.69, 9.17) is 4.74 Å². The van der Waals surface area contributed by atoms with Gasteiger partial charge in [0.15, 0.2) is 0 Å². The molecule has 2 rings (SSSR count). The second kappa shape index (κ2) is 7.20. The van der Waals surface area contributed by atoms with Crippen molar-refractivity contribution in [1.82, 2.24) is 10.2 Å². The van der Waals surface area contributed by atoms with Gasteiger partial charge in [-0.25, -0.2) is 0 Å². The second-order valence-electron chi connectivity index (χ2n) is 5.56. The van der Waals surface area contributed by atoms with Crippen LogP contribution in [0.2, 0.25) is 0 Å². The van der Waals surface area contributed by atoms with Crippen LogP contribution in [0.3, 0.4) is 0 Å². The van der Waals surface area contributed by atoms with Gasteiger partial charge in [0.05, 0.1) is 19.3 Å². The van der Waals surface area contributed by atoms with Crippen molar-refractivity contribution in [2.24, 2.45) is 5.92 Å². The minimum Gasteiger partial charge on any atom is -0.379 e. The Morgan fingerprint density at radius 2 is 2.05 bits per heavy atom. The monoisotopic (exact) mass is 296 g/mol. The van der Waals surface area contributed by atoms with Gasteiger partial charge in [0.2, 0.25) is 5.91 Å². The second-order valence-corrected chi connectivity index (χ2v) is 6.54. The summed E-state index contributed by atoms with van der Waals surface area (Å²) in [5.74, 6) is 0.137. The molecule has 0 bridgehead atoms. The average Bonchev–Trinajstić information content (AvgIpc) is 2.93. The Balaban J connectivity index is 2.11. The average molecular weight is 296 g/mol. The van der Waals surface area contributed by atoms with E-state index in [0.29, 0.717) is 0 Å². The number of carbonyl (C=O) groups excluding carboxylic acids is 1. The quantitative estimate of drug-likeness (QED) is 0.906. The van der Waals surface area contributed by atoms with Crippen LogP contribution in [-0.2, 0) is 9.53 Å². The van der Waals surface area contributed by atoms with E-state index < -0.39 is 0 Å². The minimum absolute atomic E-state index is 0.0196. The van der Waals surface area contributed by atoms with Crippen molar-refractivity contribution in [3.05, 3.63) is 22.4 Å². The number of thiophene rings is 1. The Morgan fingerprint density at radius 3 is 2.60 bits per heavy atom. The summed E-state index contributed by atoms with van der Waals surface area (Å²) in [6.45, 7) is 9.34. The van der Waals surface area contributed by atoms with Gasteiger partial charge in [0.1, 0.15) is 0 Å². The number of amides is 1. The molecule has 2 heterocycles. The van der Waals surface area contributed by atoms with E-state index >= 15 is 0 Å². The Bertz CT molecular complexity index is 414. The van der Waals surface area contributed by atoms with Crippen molar-refractivity contribution in [3.63, 3.8) is 0 Å². The first-order valence-electron chi connectivity index (χ1n) is 7.25. The van der Waals surface area contributed by atoms with Gasteiger partial charge in [-0.1, -0.05) is 19.9 Å². The molecule has 0 aliphatic carbocycles. The number of hydrogen-bond acceptors (Lipinski definition) is 4. The molecule has 1 saturated heterocycles. The molecular weight excluding hydrogens is 272 g/mol. The van der Waals surface area contributed by atoms with Crippen LogP contribution >= 0.6 is 11.3 Å². The predicted molar refractivity (Wildman–Crippen MR) is 81.9 cm³/mol. The van der Waals surface area contributed by atoms with Gasteiger partial charge in [-0.15, -0.1) is 11.3 Å². The molecule has 2 atom stereocenters. The van der Waals surface area contributed by atoms with Crippen LogP contribution in [-0.4, -0.2) is 43.2 Å². The Morgan fingerprint density at radius 1 is 1.35 bits per heavy atom. The Labute approximate surface area is 125 Å². The molecule has 1 fully saturated rings. The summed E-state index contributed by atoms with van der Waals surface area (Å²) in [6.07, 6.45) is 0. The fourth-order valence-electron chi connectivity index (χ4n) is 2.53. The molecule has 1 aromatic rings. The van der Waals surface area contributed by atoms with Crippen LogP contribution < -0.4 is 5.32 Å². The number of rotatable bonds is 5. The molecule has 0 spiro atoms. The summed E-state index contributed by atoms with van der Waals surface area (Å²) in [7, 11) is 0. The molecule has 1 aromatic heterocycles. The van der Waals surface area contributed by atoms with Crippen molar-refractivity contribution in [2.75, 3.05) is 26.3 Å². The van der Waals surface area contributed by atoms with Crippen molar-refractivity contribution < 1.29 is 9.53 Å². The first-order valence-corrected chi connectivity index (χ1v) is 8.13. The first kappa shape index (κ1) is 15.5. The fourth-order valence-corrected chi connectivity index (χ4v) is 3.49. The van der Waals surface area contributed by atoms with Gasteiger partial charge in [0.25, 0.3) is 0 Å². The lowest BCUT2D eigenvalue weighted by Crippen LogP contribution is -2.48. The predicted octanol–water partition coefficient (Wildman–Crippen LogP) is 2.28. The molecule has 1 aliphatic heterocycles. The molecule has 4 nitrogen and oxygen atoms in total. The minimum atomic E-state index is 0.0196. The summed E-state index contributed by atoms with van der Waals surface area (Å²) >= 11 is 1.75. The zero-order valence-corrected chi connectivity index (χ0v) is 13.3. The van der Waals surface area contributed by atoms with Crippen LogP contribution in [0.25, 0.3) is 0 Å². The summed E-state index contributed by atoms with van der Waals surface area (Å²) in [4.78, 5) is 15.7. The lowest BCUT2D eigenvalue weighted by Gasteiger charge is -2.37. The Kier molecular flexibility index (Phi) is 5.57. The van der Waals surface area contributed by atoms with Crippen LogP contribution in [0.5, 0.6) is 0 Å². The van der Waals surface area contributed by atoms with Crippen LogP contribution in [0, 0.1) is 5.92 Å². The maximum absolute atomic E-state index is 12.0. The highest BCUT2D eigenvalue weighted by Gasteiger charge is 2.29. The highest BCUT2D eigenvalue weighted by molar-refractivity contribution is 7.10. The molecule has 0 unspecified atom stereocenters. The highest BCUT2D eigenvalue weighted by atomic mass is 32.1. The van der Waals surface area contributed by atoms with Crippen LogP contribution in [0.4, 0.5) is 0 Å². The van der Waals surface area contributed by atoms with Gasteiger partial charge in [0, 0.05) is 29.9 Å². The smallest absolute Gasteiger partial charge is 0.222 e.